The molecule has 0 aromatic heterocycles. The average Bonchev–Trinajstić information content (AvgIpc) is 2.62. The maximum atomic E-state index is 13.1. The first-order valence-electron chi connectivity index (χ1n) is 8.62. The molecule has 0 saturated carbocycles. The molecule has 1 fully saturated rings. The van der Waals surface area contributed by atoms with Crippen LogP contribution in [0.3, 0.4) is 0 Å². The van der Waals surface area contributed by atoms with Crippen molar-refractivity contribution in [3.8, 4) is 0 Å². The van der Waals surface area contributed by atoms with E-state index in [-0.39, 0.29) is 17.8 Å². The van der Waals surface area contributed by atoms with Crippen LogP contribution in [0.5, 0.6) is 0 Å². The second-order valence-electron chi connectivity index (χ2n) is 5.96. The van der Waals surface area contributed by atoms with Crippen molar-refractivity contribution in [2.75, 3.05) is 46.4 Å². The number of amides is 1. The number of ether oxygens (including phenoxy) is 1. The van der Waals surface area contributed by atoms with Crippen molar-refractivity contribution < 1.29 is 13.9 Å². The van der Waals surface area contributed by atoms with Crippen LogP contribution in [0.15, 0.2) is 29.3 Å². The van der Waals surface area contributed by atoms with E-state index in [1.165, 1.54) is 12.1 Å². The van der Waals surface area contributed by atoms with Gasteiger partial charge in [-0.2, -0.15) is 0 Å². The molecule has 1 heterocycles. The molecule has 2 rings (SSSR count). The first-order valence-corrected chi connectivity index (χ1v) is 8.62. The van der Waals surface area contributed by atoms with Gasteiger partial charge in [0.05, 0.1) is 6.54 Å². The quantitative estimate of drug-likeness (QED) is 0.648. The van der Waals surface area contributed by atoms with Gasteiger partial charge in [0, 0.05) is 46.8 Å². The van der Waals surface area contributed by atoms with Gasteiger partial charge in [-0.25, -0.2) is 4.39 Å². The number of carbonyl (C=O) groups is 1. The number of guanidine groups is 1. The Morgan fingerprint density at radius 2 is 1.84 bits per heavy atom. The van der Waals surface area contributed by atoms with Gasteiger partial charge < -0.3 is 19.9 Å². The Labute approximate surface area is 148 Å². The zero-order valence-electron chi connectivity index (χ0n) is 15.2. The molecule has 1 atom stereocenters. The van der Waals surface area contributed by atoms with E-state index >= 15 is 0 Å². The van der Waals surface area contributed by atoms with E-state index < -0.39 is 0 Å². The average molecular weight is 350 g/mol. The zero-order valence-corrected chi connectivity index (χ0v) is 15.2. The molecule has 1 aliphatic heterocycles. The molecule has 0 bridgehead atoms. The molecule has 1 aromatic rings. The lowest BCUT2D eigenvalue weighted by Crippen LogP contribution is -2.53. The largest absolute Gasteiger partial charge is 0.375 e. The number of rotatable bonds is 5. The summed E-state index contributed by atoms with van der Waals surface area (Å²) in [6.45, 7) is 7.73. The maximum absolute atomic E-state index is 13.1. The number of carbonyl (C=O) groups excluding carboxylic acids is 1. The van der Waals surface area contributed by atoms with Crippen molar-refractivity contribution >= 4 is 11.9 Å². The molecular weight excluding hydrogens is 323 g/mol. The third-order valence-electron chi connectivity index (χ3n) is 4.29. The summed E-state index contributed by atoms with van der Waals surface area (Å²) in [5.74, 6) is 0.658. The number of methoxy groups -OCH3 is 1. The summed E-state index contributed by atoms with van der Waals surface area (Å²) >= 11 is 0. The fourth-order valence-electron chi connectivity index (χ4n) is 2.82. The first kappa shape index (κ1) is 19.2. The predicted molar refractivity (Wildman–Crippen MR) is 96.0 cm³/mol. The summed E-state index contributed by atoms with van der Waals surface area (Å²) < 4.78 is 18.6. The molecule has 138 valence electrons. The summed E-state index contributed by atoms with van der Waals surface area (Å²) in [5.41, 5.74) is 0.893. The molecule has 0 spiro atoms. The second kappa shape index (κ2) is 9.36. The van der Waals surface area contributed by atoms with Crippen molar-refractivity contribution in [1.29, 1.82) is 0 Å². The number of benzene rings is 1. The molecule has 1 N–H and O–H groups in total. The van der Waals surface area contributed by atoms with Gasteiger partial charge in [-0.05, 0) is 24.6 Å². The van der Waals surface area contributed by atoms with Crippen LogP contribution in [0, 0.1) is 5.82 Å². The van der Waals surface area contributed by atoms with E-state index in [9.17, 15) is 9.18 Å². The number of aliphatic imine (C=N–C) groups is 1. The van der Waals surface area contributed by atoms with Crippen LogP contribution in [0.25, 0.3) is 0 Å². The van der Waals surface area contributed by atoms with E-state index in [1.807, 2.05) is 11.8 Å². The lowest BCUT2D eigenvalue weighted by atomic mass is 10.1. The van der Waals surface area contributed by atoms with E-state index in [1.54, 1.807) is 26.2 Å². The third-order valence-corrected chi connectivity index (χ3v) is 4.29. The third kappa shape index (κ3) is 5.42. The van der Waals surface area contributed by atoms with E-state index in [0.717, 1.165) is 31.2 Å². The molecule has 1 unspecified atom stereocenters. The van der Waals surface area contributed by atoms with Gasteiger partial charge in [-0.1, -0.05) is 12.1 Å². The Kier molecular flexibility index (Phi) is 7.18. The van der Waals surface area contributed by atoms with Crippen LogP contribution in [0.1, 0.15) is 25.5 Å². The summed E-state index contributed by atoms with van der Waals surface area (Å²) in [4.78, 5) is 20.1. The highest BCUT2D eigenvalue weighted by atomic mass is 19.1. The highest BCUT2D eigenvalue weighted by molar-refractivity contribution is 5.80. The number of hydrogen-bond acceptors (Lipinski definition) is 3. The van der Waals surface area contributed by atoms with Crippen LogP contribution >= 0.6 is 0 Å². The monoisotopic (exact) mass is 350 g/mol. The number of nitrogens with zero attached hydrogens (tertiary/aromatic N) is 3. The van der Waals surface area contributed by atoms with Crippen molar-refractivity contribution in [1.82, 2.24) is 15.1 Å². The molecule has 6 nitrogen and oxygen atoms in total. The van der Waals surface area contributed by atoms with E-state index in [0.29, 0.717) is 19.6 Å². The lowest BCUT2D eigenvalue weighted by Gasteiger charge is -2.36. The highest BCUT2D eigenvalue weighted by Gasteiger charge is 2.21. The maximum Gasteiger partial charge on any atom is 0.219 e. The van der Waals surface area contributed by atoms with Gasteiger partial charge in [0.25, 0.3) is 0 Å². The molecular formula is C18H27FN4O2. The molecule has 25 heavy (non-hydrogen) atoms. The minimum atomic E-state index is -0.265. The molecule has 0 radical (unpaired) electrons. The Balaban J connectivity index is 2.03. The predicted octanol–water partition coefficient (Wildman–Crippen LogP) is 1.64. The number of hydrogen-bond donors (Lipinski definition) is 1. The van der Waals surface area contributed by atoms with E-state index in [4.69, 9.17) is 4.74 Å². The minimum absolute atomic E-state index is 0.109. The van der Waals surface area contributed by atoms with Gasteiger partial charge in [0.1, 0.15) is 11.9 Å². The van der Waals surface area contributed by atoms with Crippen LogP contribution in [-0.2, 0) is 9.53 Å². The summed E-state index contributed by atoms with van der Waals surface area (Å²) in [6.07, 6.45) is -0.229. The molecule has 1 saturated heterocycles. The minimum Gasteiger partial charge on any atom is -0.375 e. The highest BCUT2D eigenvalue weighted by Crippen LogP contribution is 2.17. The first-order chi connectivity index (χ1) is 12.0. The Hall–Kier alpha value is -2.15. The molecule has 1 aliphatic rings. The fraction of sp³-hybridized carbons (Fsp3) is 0.556. The van der Waals surface area contributed by atoms with Crippen LogP contribution < -0.4 is 5.32 Å². The molecule has 7 heteroatoms. The lowest BCUT2D eigenvalue weighted by molar-refractivity contribution is -0.130. The van der Waals surface area contributed by atoms with Crippen LogP contribution in [0.2, 0.25) is 0 Å². The van der Waals surface area contributed by atoms with Gasteiger partial charge >= 0.3 is 0 Å². The van der Waals surface area contributed by atoms with Gasteiger partial charge in [-0.15, -0.1) is 0 Å². The number of halogens is 1. The van der Waals surface area contributed by atoms with Gasteiger partial charge in [-0.3, -0.25) is 9.79 Å². The fourth-order valence-corrected chi connectivity index (χ4v) is 2.82. The van der Waals surface area contributed by atoms with Gasteiger partial charge in [0.2, 0.25) is 5.91 Å². The van der Waals surface area contributed by atoms with Crippen molar-refractivity contribution in [2.45, 2.75) is 20.0 Å². The summed E-state index contributed by atoms with van der Waals surface area (Å²) in [7, 11) is 1.63. The van der Waals surface area contributed by atoms with E-state index in [2.05, 4.69) is 15.2 Å². The standard InChI is InChI=1S/C18H27FN4O2/c1-4-20-18(23-11-9-22(10-12-23)14(2)24)21-13-17(25-3)15-5-7-16(19)8-6-15/h5-8,17H,4,9-13H2,1-3H3,(H,20,21). The van der Waals surface area contributed by atoms with Crippen molar-refractivity contribution in [3.63, 3.8) is 0 Å². The molecule has 1 amide bonds. The summed E-state index contributed by atoms with van der Waals surface area (Å²) in [6, 6.07) is 6.30. The van der Waals surface area contributed by atoms with Crippen LogP contribution in [-0.4, -0.2) is 68.0 Å². The van der Waals surface area contributed by atoms with Crippen molar-refractivity contribution in [2.24, 2.45) is 4.99 Å². The number of nitrogens with one attached hydrogen (secondary N) is 1. The molecule has 1 aromatic carbocycles. The smallest absolute Gasteiger partial charge is 0.219 e. The Morgan fingerprint density at radius 3 is 2.36 bits per heavy atom. The van der Waals surface area contributed by atoms with Crippen LogP contribution in [0.4, 0.5) is 4.39 Å². The normalized spacial score (nSPS) is 16.7. The topological polar surface area (TPSA) is 57.2 Å². The Bertz CT molecular complexity index is 583. The Morgan fingerprint density at radius 1 is 1.24 bits per heavy atom. The van der Waals surface area contributed by atoms with Crippen molar-refractivity contribution in [3.05, 3.63) is 35.6 Å². The molecule has 0 aliphatic carbocycles. The SMILES string of the molecule is CCNC(=NCC(OC)c1ccc(F)cc1)N1CCN(C(C)=O)CC1. The number of piperazine rings is 1. The van der Waals surface area contributed by atoms with Gasteiger partial charge in [0.15, 0.2) is 5.96 Å². The summed E-state index contributed by atoms with van der Waals surface area (Å²) in [5, 5.41) is 3.29. The second-order valence-corrected chi connectivity index (χ2v) is 5.96. The zero-order chi connectivity index (χ0) is 18.2.